The molecule has 8 heteroatoms. The number of pyridine rings is 1. The third-order valence-corrected chi connectivity index (χ3v) is 3.46. The van der Waals surface area contributed by atoms with Gasteiger partial charge in [0.1, 0.15) is 27.1 Å². The number of aromatic nitrogens is 3. The Hall–Kier alpha value is -1.43. The van der Waals surface area contributed by atoms with Gasteiger partial charge in [-0.2, -0.15) is 0 Å². The number of carbonyl (C=O) groups excluding carboxylic acids is 1. The molecule has 0 saturated carbocycles. The molecule has 5 nitrogen and oxygen atoms in total. The topological polar surface area (TPSA) is 67.8 Å². The van der Waals surface area contributed by atoms with Gasteiger partial charge in [0.15, 0.2) is 0 Å². The van der Waals surface area contributed by atoms with E-state index in [1.807, 2.05) is 6.92 Å². The van der Waals surface area contributed by atoms with Crippen molar-refractivity contribution in [1.82, 2.24) is 15.0 Å². The quantitative estimate of drug-likeness (QED) is 0.675. The van der Waals surface area contributed by atoms with E-state index in [0.29, 0.717) is 28.8 Å². The second-order valence-corrected chi connectivity index (χ2v) is 5.35. The summed E-state index contributed by atoms with van der Waals surface area (Å²) in [6.07, 6.45) is 0.607. The number of anilines is 1. The van der Waals surface area contributed by atoms with Crippen molar-refractivity contribution in [2.45, 2.75) is 20.3 Å². The minimum Gasteiger partial charge on any atom is -0.306 e. The van der Waals surface area contributed by atoms with Gasteiger partial charge in [0, 0.05) is 17.5 Å². The second kappa shape index (κ2) is 6.56. The van der Waals surface area contributed by atoms with E-state index in [0.717, 1.165) is 0 Å². The predicted molar refractivity (Wildman–Crippen MR) is 83.4 cm³/mol. The minimum absolute atomic E-state index is 0.138. The second-order valence-electron chi connectivity index (χ2n) is 4.21. The van der Waals surface area contributed by atoms with Crippen LogP contribution in [0.2, 0.25) is 15.5 Å². The van der Waals surface area contributed by atoms with Crippen LogP contribution < -0.4 is 5.32 Å². The summed E-state index contributed by atoms with van der Waals surface area (Å²) in [6, 6.07) is 2.84. The third kappa shape index (κ3) is 3.81. The van der Waals surface area contributed by atoms with Gasteiger partial charge in [-0.15, -0.1) is 0 Å². The van der Waals surface area contributed by atoms with Crippen LogP contribution >= 0.6 is 34.8 Å². The van der Waals surface area contributed by atoms with E-state index in [1.165, 1.54) is 12.1 Å². The fourth-order valence-electron chi connectivity index (χ4n) is 1.59. The molecule has 0 fully saturated rings. The molecule has 0 unspecified atom stereocenters. The van der Waals surface area contributed by atoms with E-state index in [1.54, 1.807) is 6.92 Å². The molecule has 0 radical (unpaired) electrons. The maximum atomic E-state index is 12.2. The molecular weight excluding hydrogens is 335 g/mol. The standard InChI is InChI=1S/C13H11Cl3N4O/c1-3-10-18-11(16)6(2)12(19-10)20-13(21)7-4-8(14)17-9(15)5-7/h4-5H,3H2,1-2H3,(H,18,19,20,21). The number of aryl methyl sites for hydroxylation is 1. The Labute approximate surface area is 136 Å². The molecule has 0 atom stereocenters. The fraction of sp³-hybridized carbons (Fsp3) is 0.231. The van der Waals surface area contributed by atoms with Crippen LogP contribution in [-0.2, 0) is 6.42 Å². The molecule has 0 spiro atoms. The molecule has 0 aromatic carbocycles. The molecule has 0 aliphatic carbocycles. The SMILES string of the molecule is CCc1nc(Cl)c(C)c(NC(=O)c2cc(Cl)nc(Cl)c2)n1. The molecule has 0 bridgehead atoms. The van der Waals surface area contributed by atoms with Crippen LogP contribution in [0.3, 0.4) is 0 Å². The zero-order valence-corrected chi connectivity index (χ0v) is 13.5. The van der Waals surface area contributed by atoms with E-state index >= 15 is 0 Å². The summed E-state index contributed by atoms with van der Waals surface area (Å²) in [7, 11) is 0. The average molecular weight is 346 g/mol. The summed E-state index contributed by atoms with van der Waals surface area (Å²) < 4.78 is 0. The maximum absolute atomic E-state index is 12.2. The Morgan fingerprint density at radius 2 is 1.76 bits per heavy atom. The van der Waals surface area contributed by atoms with Gasteiger partial charge in [0.25, 0.3) is 5.91 Å². The normalized spacial score (nSPS) is 10.5. The Bertz CT molecular complexity index is 686. The zero-order valence-electron chi connectivity index (χ0n) is 11.2. The van der Waals surface area contributed by atoms with Crippen molar-refractivity contribution in [2.75, 3.05) is 5.32 Å². The summed E-state index contributed by atoms with van der Waals surface area (Å²) in [5.41, 5.74) is 0.876. The minimum atomic E-state index is -0.402. The lowest BCUT2D eigenvalue weighted by molar-refractivity contribution is 0.102. The van der Waals surface area contributed by atoms with Crippen molar-refractivity contribution >= 4 is 46.5 Å². The van der Waals surface area contributed by atoms with E-state index < -0.39 is 5.91 Å². The summed E-state index contributed by atoms with van der Waals surface area (Å²) >= 11 is 17.6. The highest BCUT2D eigenvalue weighted by Crippen LogP contribution is 2.21. The van der Waals surface area contributed by atoms with Crippen molar-refractivity contribution < 1.29 is 4.79 Å². The van der Waals surface area contributed by atoms with Crippen molar-refractivity contribution in [3.63, 3.8) is 0 Å². The smallest absolute Gasteiger partial charge is 0.257 e. The molecule has 0 aliphatic rings. The van der Waals surface area contributed by atoms with E-state index in [2.05, 4.69) is 20.3 Å². The molecule has 1 amide bonds. The first-order chi connectivity index (χ1) is 9.90. The van der Waals surface area contributed by atoms with Crippen LogP contribution in [-0.4, -0.2) is 20.9 Å². The summed E-state index contributed by atoms with van der Waals surface area (Å²) in [4.78, 5) is 24.4. The number of hydrogen-bond donors (Lipinski definition) is 1. The summed E-state index contributed by atoms with van der Waals surface area (Å²) in [5.74, 6) is 0.508. The van der Waals surface area contributed by atoms with E-state index in [4.69, 9.17) is 34.8 Å². The Kier molecular flexibility index (Phi) is 4.98. The molecule has 2 aromatic heterocycles. The van der Waals surface area contributed by atoms with Gasteiger partial charge < -0.3 is 5.32 Å². The van der Waals surface area contributed by atoms with Gasteiger partial charge in [-0.1, -0.05) is 41.7 Å². The lowest BCUT2D eigenvalue weighted by Crippen LogP contribution is -2.15. The number of nitrogens with zero attached hydrogens (tertiary/aromatic N) is 3. The van der Waals surface area contributed by atoms with Crippen molar-refractivity contribution in [3.8, 4) is 0 Å². The van der Waals surface area contributed by atoms with Crippen LogP contribution in [0, 0.1) is 6.92 Å². The van der Waals surface area contributed by atoms with Crippen LogP contribution in [0.15, 0.2) is 12.1 Å². The van der Waals surface area contributed by atoms with Gasteiger partial charge in [-0.05, 0) is 19.1 Å². The van der Waals surface area contributed by atoms with Crippen LogP contribution in [0.25, 0.3) is 0 Å². The highest BCUT2D eigenvalue weighted by atomic mass is 35.5. The zero-order chi connectivity index (χ0) is 15.6. The van der Waals surface area contributed by atoms with Crippen LogP contribution in [0.5, 0.6) is 0 Å². The van der Waals surface area contributed by atoms with Gasteiger partial charge in [0.05, 0.1) is 0 Å². The highest BCUT2D eigenvalue weighted by molar-refractivity contribution is 6.33. The highest BCUT2D eigenvalue weighted by Gasteiger charge is 2.14. The molecule has 1 N–H and O–H groups in total. The lowest BCUT2D eigenvalue weighted by Gasteiger charge is -2.10. The number of hydrogen-bond acceptors (Lipinski definition) is 4. The monoisotopic (exact) mass is 344 g/mol. The van der Waals surface area contributed by atoms with Crippen molar-refractivity contribution in [2.24, 2.45) is 0 Å². The van der Waals surface area contributed by atoms with Gasteiger partial charge in [-0.3, -0.25) is 4.79 Å². The number of halogens is 3. The van der Waals surface area contributed by atoms with Crippen LogP contribution in [0.4, 0.5) is 5.82 Å². The number of rotatable bonds is 3. The van der Waals surface area contributed by atoms with Crippen molar-refractivity contribution in [1.29, 1.82) is 0 Å². The maximum Gasteiger partial charge on any atom is 0.257 e. The lowest BCUT2D eigenvalue weighted by atomic mass is 10.2. The Morgan fingerprint density at radius 1 is 1.14 bits per heavy atom. The molecule has 110 valence electrons. The Morgan fingerprint density at radius 3 is 2.33 bits per heavy atom. The van der Waals surface area contributed by atoms with Crippen LogP contribution in [0.1, 0.15) is 28.7 Å². The van der Waals surface area contributed by atoms with Gasteiger partial charge >= 0.3 is 0 Å². The van der Waals surface area contributed by atoms with E-state index in [9.17, 15) is 4.79 Å². The predicted octanol–water partition coefficient (Wildman–Crippen LogP) is 3.95. The average Bonchev–Trinajstić information content (AvgIpc) is 2.42. The first-order valence-electron chi connectivity index (χ1n) is 6.08. The first-order valence-corrected chi connectivity index (χ1v) is 7.21. The number of carbonyl (C=O) groups is 1. The number of nitrogens with one attached hydrogen (secondary N) is 1. The molecular formula is C13H11Cl3N4O. The molecule has 21 heavy (non-hydrogen) atoms. The Balaban J connectivity index is 2.33. The van der Waals surface area contributed by atoms with Crippen molar-refractivity contribution in [3.05, 3.63) is 44.5 Å². The van der Waals surface area contributed by atoms with Gasteiger partial charge in [0.2, 0.25) is 0 Å². The third-order valence-electron chi connectivity index (χ3n) is 2.71. The fourth-order valence-corrected chi connectivity index (χ4v) is 2.24. The molecule has 0 saturated heterocycles. The molecule has 2 heterocycles. The summed E-state index contributed by atoms with van der Waals surface area (Å²) in [6.45, 7) is 3.62. The summed E-state index contributed by atoms with van der Waals surface area (Å²) in [5, 5.41) is 3.26. The first kappa shape index (κ1) is 15.9. The molecule has 2 aromatic rings. The molecule has 0 aliphatic heterocycles. The molecule has 2 rings (SSSR count). The number of amides is 1. The van der Waals surface area contributed by atoms with E-state index in [-0.39, 0.29) is 15.9 Å². The van der Waals surface area contributed by atoms with Gasteiger partial charge in [-0.25, -0.2) is 15.0 Å². The largest absolute Gasteiger partial charge is 0.306 e.